The maximum Gasteiger partial charge on any atom is 0.138 e. The molecule has 3 N–H and O–H groups in total. The summed E-state index contributed by atoms with van der Waals surface area (Å²) in [5, 5.41) is 9.24. The third-order valence-corrected chi connectivity index (χ3v) is 3.35. The number of hydrogen-bond acceptors (Lipinski definition) is 4. The van der Waals surface area contributed by atoms with Crippen LogP contribution >= 0.6 is 12.2 Å². The Morgan fingerprint density at radius 3 is 3.18 bits per heavy atom. The summed E-state index contributed by atoms with van der Waals surface area (Å²) < 4.78 is 0. The normalized spacial score (nSPS) is 20.3. The van der Waals surface area contributed by atoms with Crippen molar-refractivity contribution in [3.63, 3.8) is 0 Å². The number of pyridine rings is 1. The molecule has 1 atom stereocenters. The van der Waals surface area contributed by atoms with E-state index in [1.54, 1.807) is 6.20 Å². The summed E-state index contributed by atoms with van der Waals surface area (Å²) in [6.07, 6.45) is 3.89. The molecule has 0 spiro atoms. The van der Waals surface area contributed by atoms with Gasteiger partial charge in [0.05, 0.1) is 5.56 Å². The van der Waals surface area contributed by atoms with Crippen LogP contribution in [0.15, 0.2) is 18.3 Å². The molecule has 0 bridgehead atoms. The molecule has 4 nitrogen and oxygen atoms in total. The first kappa shape index (κ1) is 12.3. The van der Waals surface area contributed by atoms with E-state index in [9.17, 15) is 5.11 Å². The van der Waals surface area contributed by atoms with Gasteiger partial charge in [0, 0.05) is 25.9 Å². The van der Waals surface area contributed by atoms with Gasteiger partial charge < -0.3 is 15.7 Å². The van der Waals surface area contributed by atoms with Gasteiger partial charge in [-0.3, -0.25) is 0 Å². The van der Waals surface area contributed by atoms with Gasteiger partial charge in [0.2, 0.25) is 0 Å². The van der Waals surface area contributed by atoms with Crippen molar-refractivity contribution in [2.45, 2.75) is 12.8 Å². The fourth-order valence-corrected chi connectivity index (χ4v) is 2.41. The summed E-state index contributed by atoms with van der Waals surface area (Å²) in [7, 11) is 0. The topological polar surface area (TPSA) is 62.4 Å². The summed E-state index contributed by atoms with van der Waals surface area (Å²) >= 11 is 5.04. The number of anilines is 1. The van der Waals surface area contributed by atoms with Gasteiger partial charge in [0.15, 0.2) is 0 Å². The summed E-state index contributed by atoms with van der Waals surface area (Å²) in [4.78, 5) is 6.91. The van der Waals surface area contributed by atoms with E-state index in [-0.39, 0.29) is 6.61 Å². The Kier molecular flexibility index (Phi) is 3.91. The molecule has 92 valence electrons. The summed E-state index contributed by atoms with van der Waals surface area (Å²) in [6, 6.07) is 3.73. The zero-order valence-corrected chi connectivity index (χ0v) is 10.5. The largest absolute Gasteiger partial charge is 0.396 e. The van der Waals surface area contributed by atoms with Crippen LogP contribution in [0.25, 0.3) is 0 Å². The van der Waals surface area contributed by atoms with Crippen molar-refractivity contribution in [2.75, 3.05) is 24.6 Å². The molecule has 2 rings (SSSR count). The monoisotopic (exact) mass is 251 g/mol. The minimum absolute atomic E-state index is 0.228. The van der Waals surface area contributed by atoms with Gasteiger partial charge in [-0.25, -0.2) is 4.98 Å². The first-order chi connectivity index (χ1) is 8.22. The maximum atomic E-state index is 9.24. The highest BCUT2D eigenvalue weighted by Crippen LogP contribution is 2.24. The van der Waals surface area contributed by atoms with Crippen molar-refractivity contribution >= 4 is 23.0 Å². The SMILES string of the molecule is NC(=S)c1cccnc1N1CCCC(CO)C1. The van der Waals surface area contributed by atoms with E-state index in [0.717, 1.165) is 37.3 Å². The van der Waals surface area contributed by atoms with Gasteiger partial charge in [-0.2, -0.15) is 0 Å². The first-order valence-corrected chi connectivity index (χ1v) is 6.24. The Bertz CT molecular complexity index is 410. The molecule has 1 saturated heterocycles. The van der Waals surface area contributed by atoms with E-state index in [2.05, 4.69) is 9.88 Å². The van der Waals surface area contributed by atoms with E-state index >= 15 is 0 Å². The number of aromatic nitrogens is 1. The lowest BCUT2D eigenvalue weighted by atomic mass is 9.98. The number of hydrogen-bond donors (Lipinski definition) is 2. The van der Waals surface area contributed by atoms with Crippen molar-refractivity contribution in [1.29, 1.82) is 0 Å². The minimum Gasteiger partial charge on any atom is -0.396 e. The highest BCUT2D eigenvalue weighted by Gasteiger charge is 2.22. The van der Waals surface area contributed by atoms with Crippen LogP contribution in [-0.2, 0) is 0 Å². The molecule has 1 aliphatic rings. The Labute approximate surface area is 106 Å². The smallest absolute Gasteiger partial charge is 0.138 e. The number of rotatable bonds is 3. The van der Waals surface area contributed by atoms with Gasteiger partial charge in [0.25, 0.3) is 0 Å². The fraction of sp³-hybridized carbons (Fsp3) is 0.500. The fourth-order valence-electron chi connectivity index (χ4n) is 2.25. The average Bonchev–Trinajstić information content (AvgIpc) is 2.39. The summed E-state index contributed by atoms with van der Waals surface area (Å²) in [5.41, 5.74) is 6.52. The van der Waals surface area contributed by atoms with Crippen LogP contribution in [0.5, 0.6) is 0 Å². The van der Waals surface area contributed by atoms with Crippen molar-refractivity contribution in [2.24, 2.45) is 11.7 Å². The number of nitrogens with zero attached hydrogens (tertiary/aromatic N) is 2. The zero-order chi connectivity index (χ0) is 12.3. The Morgan fingerprint density at radius 2 is 2.47 bits per heavy atom. The molecule has 0 saturated carbocycles. The minimum atomic E-state index is 0.228. The predicted octanol–water partition coefficient (Wildman–Crippen LogP) is 0.924. The Hall–Kier alpha value is -1.20. The lowest BCUT2D eigenvalue weighted by Gasteiger charge is -2.33. The van der Waals surface area contributed by atoms with Crippen LogP contribution < -0.4 is 10.6 Å². The number of piperidine rings is 1. The van der Waals surface area contributed by atoms with Crippen molar-refractivity contribution < 1.29 is 5.11 Å². The Morgan fingerprint density at radius 1 is 1.65 bits per heavy atom. The van der Waals surface area contributed by atoms with E-state index < -0.39 is 0 Å². The van der Waals surface area contributed by atoms with E-state index in [1.807, 2.05) is 12.1 Å². The van der Waals surface area contributed by atoms with Crippen molar-refractivity contribution in [1.82, 2.24) is 4.98 Å². The van der Waals surface area contributed by atoms with Gasteiger partial charge in [-0.15, -0.1) is 0 Å². The van der Waals surface area contributed by atoms with Crippen molar-refractivity contribution in [3.8, 4) is 0 Å². The number of nitrogens with two attached hydrogens (primary N) is 1. The third-order valence-electron chi connectivity index (χ3n) is 3.13. The highest BCUT2D eigenvalue weighted by atomic mass is 32.1. The van der Waals surface area contributed by atoms with Gasteiger partial charge in [-0.1, -0.05) is 12.2 Å². The summed E-state index contributed by atoms with van der Waals surface area (Å²) in [6.45, 7) is 2.00. The van der Waals surface area contributed by atoms with Crippen LogP contribution in [0.3, 0.4) is 0 Å². The molecule has 1 aromatic heterocycles. The molecule has 0 amide bonds. The maximum absolute atomic E-state index is 9.24. The Balaban J connectivity index is 2.24. The molecule has 1 fully saturated rings. The van der Waals surface area contributed by atoms with Gasteiger partial charge >= 0.3 is 0 Å². The molecular weight excluding hydrogens is 234 g/mol. The zero-order valence-electron chi connectivity index (χ0n) is 9.67. The summed E-state index contributed by atoms with van der Waals surface area (Å²) in [5.74, 6) is 1.17. The van der Waals surface area contributed by atoms with E-state index in [4.69, 9.17) is 18.0 Å². The first-order valence-electron chi connectivity index (χ1n) is 5.83. The lowest BCUT2D eigenvalue weighted by Crippen LogP contribution is -2.38. The van der Waals surface area contributed by atoms with Gasteiger partial charge in [0.1, 0.15) is 10.8 Å². The quantitative estimate of drug-likeness (QED) is 0.782. The van der Waals surface area contributed by atoms with Crippen LogP contribution in [-0.4, -0.2) is 34.8 Å². The van der Waals surface area contributed by atoms with Crippen LogP contribution in [0, 0.1) is 5.92 Å². The molecule has 1 aromatic rings. The molecule has 1 unspecified atom stereocenters. The molecule has 2 heterocycles. The van der Waals surface area contributed by atoms with Gasteiger partial charge in [-0.05, 0) is 30.9 Å². The number of aliphatic hydroxyl groups is 1. The molecule has 0 radical (unpaired) electrons. The second-order valence-corrected chi connectivity index (χ2v) is 4.82. The number of aliphatic hydroxyl groups excluding tert-OH is 1. The third kappa shape index (κ3) is 2.73. The standard InChI is InChI=1S/C12H17N3OS/c13-11(17)10-4-1-5-14-12(10)15-6-2-3-9(7-15)8-16/h1,4-5,9,16H,2-3,6-8H2,(H2,13,17). The van der Waals surface area contributed by atoms with Crippen LogP contribution in [0.2, 0.25) is 0 Å². The number of thiocarbonyl (C=S) groups is 1. The van der Waals surface area contributed by atoms with Crippen LogP contribution in [0.4, 0.5) is 5.82 Å². The molecule has 0 aliphatic carbocycles. The van der Waals surface area contributed by atoms with E-state index in [1.165, 1.54) is 0 Å². The second-order valence-electron chi connectivity index (χ2n) is 4.38. The van der Waals surface area contributed by atoms with Crippen molar-refractivity contribution in [3.05, 3.63) is 23.9 Å². The molecule has 17 heavy (non-hydrogen) atoms. The van der Waals surface area contributed by atoms with E-state index in [0.29, 0.717) is 10.9 Å². The molecule has 5 heteroatoms. The predicted molar refractivity (Wildman–Crippen MR) is 72.1 cm³/mol. The average molecular weight is 251 g/mol. The second kappa shape index (κ2) is 5.42. The van der Waals surface area contributed by atoms with Crippen LogP contribution in [0.1, 0.15) is 18.4 Å². The highest BCUT2D eigenvalue weighted by molar-refractivity contribution is 7.80. The molecule has 1 aliphatic heterocycles. The molecular formula is C12H17N3OS. The lowest BCUT2D eigenvalue weighted by molar-refractivity contribution is 0.208. The molecule has 0 aromatic carbocycles.